The number of nitrogens with zero attached hydrogens (tertiary/aromatic N) is 3. The third-order valence-corrected chi connectivity index (χ3v) is 9.23. The summed E-state index contributed by atoms with van der Waals surface area (Å²) in [5.74, 6) is 0. The maximum absolute atomic E-state index is 12.6. The number of hydrogen-bond donors (Lipinski definition) is 1. The molecule has 1 aromatic rings. The lowest BCUT2D eigenvalue weighted by molar-refractivity contribution is -0.207. The van der Waals surface area contributed by atoms with E-state index < -0.39 is 46.0 Å². The zero-order valence-corrected chi connectivity index (χ0v) is 24.4. The van der Waals surface area contributed by atoms with Gasteiger partial charge in [0.05, 0.1) is 12.7 Å². The van der Waals surface area contributed by atoms with Gasteiger partial charge in [-0.2, -0.15) is 5.26 Å². The van der Waals surface area contributed by atoms with Gasteiger partial charge >= 0.3 is 13.3 Å². The largest absolute Gasteiger partial charge is 0.380 e. The number of aromatic nitrogens is 2. The van der Waals surface area contributed by atoms with E-state index in [1.54, 1.807) is 0 Å². The third kappa shape index (κ3) is 11.4. The Hall–Kier alpha value is -1.45. The molecule has 1 rings (SSSR count). The Morgan fingerprint density at radius 1 is 1.14 bits per heavy atom. The van der Waals surface area contributed by atoms with Crippen molar-refractivity contribution in [2.24, 2.45) is 0 Å². The predicted molar refractivity (Wildman–Crippen MR) is 139 cm³/mol. The van der Waals surface area contributed by atoms with Crippen LogP contribution < -0.4 is 11.2 Å². The molecule has 3 atom stereocenters. The highest BCUT2D eigenvalue weighted by atomic mass is 31.2. The minimum absolute atomic E-state index is 0.0565. The van der Waals surface area contributed by atoms with Crippen LogP contribution in [-0.4, -0.2) is 79.6 Å². The second-order valence-electron chi connectivity index (χ2n) is 8.47. The zero-order chi connectivity index (χ0) is 28.0. The fourth-order valence-electron chi connectivity index (χ4n) is 3.44. The van der Waals surface area contributed by atoms with Crippen LogP contribution in [0.25, 0.3) is 0 Å². The number of methoxy groups -OCH3 is 1. The molecule has 37 heavy (non-hydrogen) atoms. The average Bonchev–Trinajstić information content (AvgIpc) is 2.84. The highest BCUT2D eigenvalue weighted by molar-refractivity contribution is 7.53. The molecular weight excluding hydrogens is 526 g/mol. The second kappa shape index (κ2) is 17.2. The molecule has 0 radical (unpaired) electrons. The summed E-state index contributed by atoms with van der Waals surface area (Å²) >= 11 is 0. The number of H-pyrrole nitrogens is 1. The van der Waals surface area contributed by atoms with Crippen LogP contribution in [0.5, 0.6) is 0 Å². The normalized spacial score (nSPS) is 14.7. The van der Waals surface area contributed by atoms with Gasteiger partial charge in [-0.3, -0.25) is 23.6 Å². The zero-order valence-electron chi connectivity index (χ0n) is 22.6. The van der Waals surface area contributed by atoms with Crippen LogP contribution in [0.1, 0.15) is 46.8 Å². The molecule has 212 valence electrons. The molecule has 0 aliphatic heterocycles. The van der Waals surface area contributed by atoms with Gasteiger partial charge in [0.1, 0.15) is 14.9 Å². The summed E-state index contributed by atoms with van der Waals surface area (Å²) < 4.78 is 49.2. The van der Waals surface area contributed by atoms with Gasteiger partial charge < -0.3 is 27.8 Å². The first-order valence-electron chi connectivity index (χ1n) is 11.9. The van der Waals surface area contributed by atoms with Crippen molar-refractivity contribution >= 4 is 15.9 Å². The van der Waals surface area contributed by atoms with E-state index in [0.717, 1.165) is 4.57 Å². The molecule has 0 amide bonds. The van der Waals surface area contributed by atoms with Crippen molar-refractivity contribution in [3.63, 3.8) is 0 Å². The number of nitriles is 1. The number of unbranched alkanes of at least 4 members (excludes halogenated alkanes) is 1. The first-order valence-corrected chi connectivity index (χ1v) is 15.0. The van der Waals surface area contributed by atoms with Crippen LogP contribution in [0.2, 0.25) is 0 Å². The van der Waals surface area contributed by atoms with E-state index in [9.17, 15) is 14.2 Å². The summed E-state index contributed by atoms with van der Waals surface area (Å²) in [6, 6.07) is 3.70. The van der Waals surface area contributed by atoms with E-state index in [1.807, 2.05) is 0 Å². The van der Waals surface area contributed by atoms with Crippen LogP contribution >= 0.6 is 15.9 Å². The van der Waals surface area contributed by atoms with Gasteiger partial charge in [0.25, 0.3) is 5.56 Å². The van der Waals surface area contributed by atoms with Crippen LogP contribution in [0.4, 0.5) is 0 Å². The predicted octanol–water partition coefficient (Wildman–Crippen LogP) is 3.24. The Balaban J connectivity index is 3.23. The molecule has 0 saturated carbocycles. The van der Waals surface area contributed by atoms with Gasteiger partial charge in [-0.1, -0.05) is 0 Å². The quantitative estimate of drug-likeness (QED) is 0.149. The average molecular weight is 567 g/mol. The van der Waals surface area contributed by atoms with Crippen molar-refractivity contribution in [3.05, 3.63) is 33.1 Å². The maximum atomic E-state index is 12.6. The van der Waals surface area contributed by atoms with Crippen molar-refractivity contribution in [1.29, 1.82) is 5.26 Å². The fourth-order valence-corrected chi connectivity index (χ4v) is 6.39. The van der Waals surface area contributed by atoms with E-state index in [4.69, 9.17) is 33.0 Å². The van der Waals surface area contributed by atoms with Crippen LogP contribution in [0, 0.1) is 11.3 Å². The van der Waals surface area contributed by atoms with Crippen molar-refractivity contribution in [1.82, 2.24) is 14.2 Å². The van der Waals surface area contributed by atoms with Crippen molar-refractivity contribution in [3.8, 4) is 6.07 Å². The smallest absolute Gasteiger partial charge is 0.355 e. The van der Waals surface area contributed by atoms with Gasteiger partial charge in [-0.25, -0.2) is 4.79 Å². The Kier molecular flexibility index (Phi) is 15.6. The first-order chi connectivity index (χ1) is 17.5. The van der Waals surface area contributed by atoms with Gasteiger partial charge in [0.15, 0.2) is 18.9 Å². The van der Waals surface area contributed by atoms with E-state index in [-0.39, 0.29) is 25.3 Å². The topological polar surface area (TPSA) is 154 Å². The molecule has 0 fully saturated rings. The fraction of sp³-hybridized carbons (Fsp3) is 0.773. The molecule has 0 bridgehead atoms. The van der Waals surface area contributed by atoms with Crippen LogP contribution in [0.15, 0.2) is 21.9 Å². The number of hydrogen-bond acceptors (Lipinski definition) is 11. The van der Waals surface area contributed by atoms with Gasteiger partial charge in [0.2, 0.25) is 0 Å². The highest BCUT2D eigenvalue weighted by Gasteiger charge is 2.30. The highest BCUT2D eigenvalue weighted by Crippen LogP contribution is 2.48. The summed E-state index contributed by atoms with van der Waals surface area (Å²) in [4.78, 5) is 26.1. The van der Waals surface area contributed by atoms with E-state index in [0.29, 0.717) is 19.0 Å². The molecule has 1 N–H and O–H groups in total. The second-order valence-corrected chi connectivity index (χ2v) is 12.5. The first kappa shape index (κ1) is 33.6. The van der Waals surface area contributed by atoms with Gasteiger partial charge in [-0.05, 0) is 34.1 Å². The maximum Gasteiger partial charge on any atom is 0.355 e. The molecule has 0 spiro atoms. The molecule has 1 heterocycles. The van der Waals surface area contributed by atoms with E-state index >= 15 is 0 Å². The molecule has 13 nitrogen and oxygen atoms in total. The van der Waals surface area contributed by atoms with E-state index in [1.165, 1.54) is 33.6 Å². The molecule has 0 aromatic carbocycles. The Labute approximate surface area is 219 Å². The lowest BCUT2D eigenvalue weighted by atomic mass is 10.3. The Morgan fingerprint density at radius 3 is 2.30 bits per heavy atom. The number of aromatic amines is 1. The minimum Gasteiger partial charge on any atom is -0.380 e. The van der Waals surface area contributed by atoms with Crippen molar-refractivity contribution in [2.75, 3.05) is 47.1 Å². The lowest BCUT2D eigenvalue weighted by Gasteiger charge is -2.38. The van der Waals surface area contributed by atoms with Gasteiger partial charge in [-0.15, -0.1) is 0 Å². The summed E-state index contributed by atoms with van der Waals surface area (Å²) in [6.07, 6.45) is 0.458. The van der Waals surface area contributed by atoms with Gasteiger partial charge in [0, 0.05) is 58.3 Å². The van der Waals surface area contributed by atoms with Crippen LogP contribution in [-0.2, 0) is 32.3 Å². The van der Waals surface area contributed by atoms with Crippen LogP contribution in [0.3, 0.4) is 0 Å². The molecular formula is C22H40N4O9P2. The van der Waals surface area contributed by atoms with E-state index in [2.05, 4.69) is 43.4 Å². The summed E-state index contributed by atoms with van der Waals surface area (Å²) in [7, 11) is -0.781. The molecule has 15 heteroatoms. The standard InChI is InChI=1S/C22H40N4O9P2/c1-17(2)26(18(3)4)36(13-9-8-11-23)34-15-21(33-16-37(29,31-6)32-7)35-20(14-30-5)25-12-10-19(27)24-22(25)28/h10,12,17-18,20-21H,8-9,13-16H2,1-7H3,(H,24,27,28)/t20-,21-,36?/m1/s1. The van der Waals surface area contributed by atoms with Crippen molar-refractivity contribution < 1.29 is 32.3 Å². The number of nitrogens with one attached hydrogen (secondary N) is 1. The summed E-state index contributed by atoms with van der Waals surface area (Å²) in [6.45, 7) is 8.13. The molecule has 1 aromatic heterocycles. The molecule has 0 aliphatic rings. The molecule has 0 saturated heterocycles. The third-order valence-electron chi connectivity index (χ3n) is 5.07. The monoisotopic (exact) mass is 566 g/mol. The molecule has 0 aliphatic carbocycles. The SMILES string of the molecule is COC[C@@H](O[C@H](COP(CCCC#N)N(C(C)C)C(C)C)OCP(=O)(OC)OC)n1ccc(=O)[nH]c1=O. The summed E-state index contributed by atoms with van der Waals surface area (Å²) in [5.41, 5.74) is -1.25. The minimum atomic E-state index is -3.55. The lowest BCUT2D eigenvalue weighted by Crippen LogP contribution is -2.38. The number of ether oxygens (including phenoxy) is 3. The van der Waals surface area contributed by atoms with Crippen molar-refractivity contribution in [2.45, 2.75) is 65.1 Å². The number of rotatable bonds is 19. The summed E-state index contributed by atoms with van der Waals surface area (Å²) in [5, 5.41) is 9.00. The molecule has 1 unspecified atom stereocenters. The Bertz CT molecular complexity index is 979. The Morgan fingerprint density at radius 2 is 1.78 bits per heavy atom.